The Morgan fingerprint density at radius 3 is 2.00 bits per heavy atom. The third kappa shape index (κ3) is 3.93. The molecule has 2 amide bonds. The fourth-order valence-electron chi connectivity index (χ4n) is 3.95. The standard InChI is InChI=1S/C23H25FN2O2/c1-16(22(28)26-14-12-23(10-11-23)13-15-26)25-21(27)19-4-2-17(3-5-19)18-6-8-20(24)9-7-18/h2-9,16H,10-15H2,1H3,(H,25,27). The lowest BCUT2D eigenvalue weighted by atomic mass is 9.93. The van der Waals surface area contributed by atoms with Crippen LogP contribution >= 0.6 is 0 Å². The lowest BCUT2D eigenvalue weighted by molar-refractivity contribution is -0.134. The maximum atomic E-state index is 13.1. The number of carbonyl (C=O) groups excluding carboxylic acids is 2. The maximum absolute atomic E-state index is 13.1. The summed E-state index contributed by atoms with van der Waals surface area (Å²) in [6.45, 7) is 3.34. The van der Waals surface area contributed by atoms with Gasteiger partial charge in [0.05, 0.1) is 0 Å². The van der Waals surface area contributed by atoms with Crippen molar-refractivity contribution in [2.45, 2.75) is 38.6 Å². The zero-order valence-corrected chi connectivity index (χ0v) is 16.1. The van der Waals surface area contributed by atoms with Gasteiger partial charge in [-0.25, -0.2) is 4.39 Å². The monoisotopic (exact) mass is 380 g/mol. The van der Waals surface area contributed by atoms with Crippen molar-refractivity contribution in [2.75, 3.05) is 13.1 Å². The number of nitrogens with zero attached hydrogens (tertiary/aromatic N) is 1. The third-order valence-corrected chi connectivity index (χ3v) is 6.14. The number of hydrogen-bond acceptors (Lipinski definition) is 2. The van der Waals surface area contributed by atoms with Gasteiger partial charge in [-0.05, 0) is 73.4 Å². The molecule has 0 radical (unpaired) electrons. The average molecular weight is 380 g/mol. The van der Waals surface area contributed by atoms with Gasteiger partial charge in [-0.2, -0.15) is 0 Å². The summed E-state index contributed by atoms with van der Waals surface area (Å²) < 4.78 is 13.1. The predicted molar refractivity (Wildman–Crippen MR) is 106 cm³/mol. The van der Waals surface area contributed by atoms with Gasteiger partial charge < -0.3 is 10.2 Å². The van der Waals surface area contributed by atoms with Crippen LogP contribution in [-0.2, 0) is 4.79 Å². The Hall–Kier alpha value is -2.69. The van der Waals surface area contributed by atoms with E-state index in [-0.39, 0.29) is 17.6 Å². The molecule has 5 heteroatoms. The zero-order chi connectivity index (χ0) is 19.7. The summed E-state index contributed by atoms with van der Waals surface area (Å²) in [5, 5.41) is 2.82. The molecule has 28 heavy (non-hydrogen) atoms. The molecule has 0 aromatic heterocycles. The number of hydrogen-bond donors (Lipinski definition) is 1. The van der Waals surface area contributed by atoms with Gasteiger partial charge >= 0.3 is 0 Å². The average Bonchev–Trinajstić information content (AvgIpc) is 3.47. The van der Waals surface area contributed by atoms with Crippen molar-refractivity contribution in [3.63, 3.8) is 0 Å². The first-order chi connectivity index (χ1) is 13.5. The van der Waals surface area contributed by atoms with Crippen molar-refractivity contribution in [3.8, 4) is 11.1 Å². The molecule has 4 nitrogen and oxygen atoms in total. The fourth-order valence-corrected chi connectivity index (χ4v) is 3.95. The maximum Gasteiger partial charge on any atom is 0.251 e. The van der Waals surface area contributed by atoms with E-state index in [4.69, 9.17) is 0 Å². The summed E-state index contributed by atoms with van der Waals surface area (Å²) in [6, 6.07) is 12.8. The van der Waals surface area contributed by atoms with Crippen LogP contribution in [0.5, 0.6) is 0 Å². The molecule has 1 atom stereocenters. The lowest BCUT2D eigenvalue weighted by Crippen LogP contribution is -2.49. The molecule has 146 valence electrons. The Kier molecular flexibility index (Phi) is 4.92. The highest BCUT2D eigenvalue weighted by Gasteiger charge is 2.45. The third-order valence-electron chi connectivity index (χ3n) is 6.14. The molecule has 0 bridgehead atoms. The molecule has 1 saturated heterocycles. The van der Waals surface area contributed by atoms with Crippen LogP contribution in [-0.4, -0.2) is 35.8 Å². The second kappa shape index (κ2) is 7.38. The summed E-state index contributed by atoms with van der Waals surface area (Å²) in [7, 11) is 0. The second-order valence-corrected chi connectivity index (χ2v) is 8.10. The summed E-state index contributed by atoms with van der Waals surface area (Å²) in [6.07, 6.45) is 4.78. The molecule has 2 aliphatic rings. The van der Waals surface area contributed by atoms with Gasteiger partial charge in [0.15, 0.2) is 0 Å². The van der Waals surface area contributed by atoms with Crippen molar-refractivity contribution in [3.05, 3.63) is 59.9 Å². The van der Waals surface area contributed by atoms with Crippen LogP contribution in [0.1, 0.15) is 43.0 Å². The minimum absolute atomic E-state index is 0.00761. The molecule has 1 spiro atoms. The van der Waals surface area contributed by atoms with E-state index >= 15 is 0 Å². The van der Waals surface area contributed by atoms with Crippen LogP contribution < -0.4 is 5.32 Å². The first kappa shape index (κ1) is 18.7. The molecule has 1 N–H and O–H groups in total. The van der Waals surface area contributed by atoms with E-state index in [1.54, 1.807) is 31.2 Å². The highest BCUT2D eigenvalue weighted by Crippen LogP contribution is 2.53. The molecule has 4 rings (SSSR count). The van der Waals surface area contributed by atoms with Crippen LogP contribution in [0, 0.1) is 11.2 Å². The number of piperidine rings is 1. The van der Waals surface area contributed by atoms with Crippen LogP contribution in [0.2, 0.25) is 0 Å². The molecule has 1 heterocycles. The number of halogens is 1. The molecule has 1 unspecified atom stereocenters. The Morgan fingerprint density at radius 2 is 1.46 bits per heavy atom. The highest BCUT2D eigenvalue weighted by atomic mass is 19.1. The van der Waals surface area contributed by atoms with Crippen molar-refractivity contribution in [2.24, 2.45) is 5.41 Å². The van der Waals surface area contributed by atoms with E-state index in [1.807, 2.05) is 17.0 Å². The van der Waals surface area contributed by atoms with Gasteiger partial charge in [-0.1, -0.05) is 24.3 Å². The highest BCUT2D eigenvalue weighted by molar-refractivity contribution is 5.97. The number of benzene rings is 2. The zero-order valence-electron chi connectivity index (χ0n) is 16.1. The number of likely N-dealkylation sites (tertiary alicyclic amines) is 1. The van der Waals surface area contributed by atoms with Crippen molar-refractivity contribution in [1.82, 2.24) is 10.2 Å². The van der Waals surface area contributed by atoms with Gasteiger partial charge in [0.2, 0.25) is 5.91 Å². The topological polar surface area (TPSA) is 49.4 Å². The minimum Gasteiger partial charge on any atom is -0.341 e. The molecule has 1 aliphatic carbocycles. The lowest BCUT2D eigenvalue weighted by Gasteiger charge is -2.33. The molecular formula is C23H25FN2O2. The SMILES string of the molecule is CC(NC(=O)c1ccc(-c2ccc(F)cc2)cc1)C(=O)N1CCC2(CC1)CC2. The summed E-state index contributed by atoms with van der Waals surface area (Å²) in [5.41, 5.74) is 2.81. The number of carbonyl (C=O) groups is 2. The van der Waals surface area contributed by atoms with Crippen LogP contribution in [0.4, 0.5) is 4.39 Å². The van der Waals surface area contributed by atoms with E-state index in [0.717, 1.165) is 37.1 Å². The van der Waals surface area contributed by atoms with E-state index < -0.39 is 6.04 Å². The van der Waals surface area contributed by atoms with Gasteiger partial charge in [-0.15, -0.1) is 0 Å². The Bertz CT molecular complexity index is 862. The quantitative estimate of drug-likeness (QED) is 0.871. The van der Waals surface area contributed by atoms with Gasteiger partial charge in [0.25, 0.3) is 5.91 Å². The van der Waals surface area contributed by atoms with Gasteiger partial charge in [0, 0.05) is 18.7 Å². The van der Waals surface area contributed by atoms with Crippen LogP contribution in [0.25, 0.3) is 11.1 Å². The van der Waals surface area contributed by atoms with E-state index in [0.29, 0.717) is 11.0 Å². The molecule has 2 aromatic carbocycles. The van der Waals surface area contributed by atoms with Gasteiger partial charge in [0.1, 0.15) is 11.9 Å². The molecule has 2 aromatic rings. The number of nitrogens with one attached hydrogen (secondary N) is 1. The number of rotatable bonds is 4. The molecule has 1 aliphatic heterocycles. The van der Waals surface area contributed by atoms with E-state index in [9.17, 15) is 14.0 Å². The Balaban J connectivity index is 1.34. The Labute approximate surface area is 164 Å². The molecule has 1 saturated carbocycles. The van der Waals surface area contributed by atoms with Crippen molar-refractivity contribution in [1.29, 1.82) is 0 Å². The first-order valence-corrected chi connectivity index (χ1v) is 9.91. The van der Waals surface area contributed by atoms with E-state index in [1.165, 1.54) is 25.0 Å². The minimum atomic E-state index is -0.544. The Morgan fingerprint density at radius 1 is 0.929 bits per heavy atom. The smallest absolute Gasteiger partial charge is 0.251 e. The van der Waals surface area contributed by atoms with Crippen molar-refractivity contribution >= 4 is 11.8 Å². The van der Waals surface area contributed by atoms with Crippen LogP contribution in [0.15, 0.2) is 48.5 Å². The fraction of sp³-hybridized carbons (Fsp3) is 0.391. The van der Waals surface area contributed by atoms with Crippen LogP contribution in [0.3, 0.4) is 0 Å². The molecule has 2 fully saturated rings. The first-order valence-electron chi connectivity index (χ1n) is 9.91. The largest absolute Gasteiger partial charge is 0.341 e. The van der Waals surface area contributed by atoms with Crippen molar-refractivity contribution < 1.29 is 14.0 Å². The second-order valence-electron chi connectivity index (χ2n) is 8.10. The summed E-state index contributed by atoms with van der Waals surface area (Å²) >= 11 is 0. The summed E-state index contributed by atoms with van der Waals surface area (Å²) in [4.78, 5) is 27.0. The normalized spacial score (nSPS) is 18.6. The summed E-state index contributed by atoms with van der Waals surface area (Å²) in [5.74, 6) is -0.548. The molecular weight excluding hydrogens is 355 g/mol. The van der Waals surface area contributed by atoms with Gasteiger partial charge in [-0.3, -0.25) is 9.59 Å². The number of amides is 2. The van der Waals surface area contributed by atoms with E-state index in [2.05, 4.69) is 5.32 Å². The predicted octanol–water partition coefficient (Wildman–Crippen LogP) is 4.01.